The van der Waals surface area contributed by atoms with Gasteiger partial charge >= 0.3 is 11.9 Å². The van der Waals surface area contributed by atoms with E-state index in [0.717, 1.165) is 0 Å². The van der Waals surface area contributed by atoms with Crippen LogP contribution in [0.3, 0.4) is 0 Å². The highest BCUT2D eigenvalue weighted by molar-refractivity contribution is 6.05. The Morgan fingerprint density at radius 2 is 1.57 bits per heavy atom. The standard InChI is InChI=1S/C21H19NO8/c1-28-16-8-2-13(3-9-16)12-29-20(26)19(14-4-6-15(23)7-5-14)21(27)30-22-17(24)10-11-18(22)25/h2-9,19,23H,10-12H2,1H3. The number of nitrogens with zero attached hydrogens (tertiary/aromatic N) is 1. The number of imide groups is 1. The van der Waals surface area contributed by atoms with E-state index in [1.165, 1.54) is 31.4 Å². The average Bonchev–Trinajstić information content (AvgIpc) is 3.06. The van der Waals surface area contributed by atoms with Gasteiger partial charge in [0, 0.05) is 12.8 Å². The van der Waals surface area contributed by atoms with Crippen LogP contribution in [0.4, 0.5) is 0 Å². The smallest absolute Gasteiger partial charge is 0.351 e. The molecule has 0 bridgehead atoms. The van der Waals surface area contributed by atoms with Gasteiger partial charge in [0.15, 0.2) is 5.92 Å². The van der Waals surface area contributed by atoms with Gasteiger partial charge in [-0.05, 0) is 35.4 Å². The number of phenols is 1. The Labute approximate surface area is 171 Å². The molecule has 0 radical (unpaired) electrons. The van der Waals surface area contributed by atoms with Crippen LogP contribution in [0.25, 0.3) is 0 Å². The van der Waals surface area contributed by atoms with Crippen molar-refractivity contribution in [1.29, 1.82) is 0 Å². The normalized spacial score (nSPS) is 14.4. The molecule has 1 aliphatic rings. The Kier molecular flexibility index (Phi) is 6.31. The monoisotopic (exact) mass is 413 g/mol. The molecule has 0 aromatic heterocycles. The number of phenolic OH excluding ortho intramolecular Hbond substituents is 1. The maximum absolute atomic E-state index is 12.7. The molecule has 2 amide bonds. The minimum atomic E-state index is -1.55. The highest BCUT2D eigenvalue weighted by Gasteiger charge is 2.38. The first-order chi connectivity index (χ1) is 14.4. The molecule has 1 atom stereocenters. The van der Waals surface area contributed by atoms with E-state index >= 15 is 0 Å². The van der Waals surface area contributed by atoms with E-state index in [1.54, 1.807) is 24.3 Å². The third-order valence-electron chi connectivity index (χ3n) is 4.43. The van der Waals surface area contributed by atoms with Gasteiger partial charge in [0.05, 0.1) is 7.11 Å². The van der Waals surface area contributed by atoms with Crippen LogP contribution in [0.1, 0.15) is 29.9 Å². The summed E-state index contributed by atoms with van der Waals surface area (Å²) in [5.41, 5.74) is 0.837. The highest BCUT2D eigenvalue weighted by Crippen LogP contribution is 2.24. The minimum Gasteiger partial charge on any atom is -0.508 e. The maximum atomic E-state index is 12.7. The van der Waals surface area contributed by atoms with Crippen LogP contribution in [0.15, 0.2) is 48.5 Å². The fourth-order valence-electron chi connectivity index (χ4n) is 2.80. The molecule has 0 spiro atoms. The first-order valence-corrected chi connectivity index (χ1v) is 9.05. The van der Waals surface area contributed by atoms with Gasteiger partial charge in [-0.15, -0.1) is 5.06 Å². The molecule has 3 rings (SSSR count). The van der Waals surface area contributed by atoms with Gasteiger partial charge in [-0.1, -0.05) is 24.3 Å². The zero-order valence-corrected chi connectivity index (χ0v) is 16.1. The number of carbonyl (C=O) groups excluding carboxylic acids is 4. The van der Waals surface area contributed by atoms with Gasteiger partial charge in [-0.3, -0.25) is 14.4 Å². The molecule has 9 nitrogen and oxygen atoms in total. The number of aromatic hydroxyl groups is 1. The fraction of sp³-hybridized carbons (Fsp3) is 0.238. The lowest BCUT2D eigenvalue weighted by atomic mass is 9.99. The van der Waals surface area contributed by atoms with Gasteiger partial charge in [-0.25, -0.2) is 4.79 Å². The first kappa shape index (κ1) is 20.8. The zero-order chi connectivity index (χ0) is 21.7. The van der Waals surface area contributed by atoms with Crippen molar-refractivity contribution in [2.75, 3.05) is 7.11 Å². The molecule has 1 N–H and O–H groups in total. The van der Waals surface area contributed by atoms with Gasteiger partial charge in [-0.2, -0.15) is 0 Å². The van der Waals surface area contributed by atoms with Crippen LogP contribution in [0, 0.1) is 0 Å². The van der Waals surface area contributed by atoms with Crippen LogP contribution in [0.2, 0.25) is 0 Å². The van der Waals surface area contributed by atoms with Gasteiger partial charge in [0.1, 0.15) is 18.1 Å². The van der Waals surface area contributed by atoms with Crippen molar-refractivity contribution in [2.45, 2.75) is 25.4 Å². The second kappa shape index (κ2) is 9.08. The van der Waals surface area contributed by atoms with Gasteiger partial charge in [0.2, 0.25) is 0 Å². The molecule has 1 unspecified atom stereocenters. The molecule has 9 heteroatoms. The van der Waals surface area contributed by atoms with Crippen molar-refractivity contribution in [3.63, 3.8) is 0 Å². The Morgan fingerprint density at radius 1 is 0.967 bits per heavy atom. The Morgan fingerprint density at radius 3 is 2.13 bits per heavy atom. The van der Waals surface area contributed by atoms with Crippen LogP contribution in [-0.2, 0) is 35.4 Å². The second-order valence-corrected chi connectivity index (χ2v) is 6.47. The van der Waals surface area contributed by atoms with E-state index < -0.39 is 29.7 Å². The van der Waals surface area contributed by atoms with Crippen LogP contribution in [-0.4, -0.2) is 41.0 Å². The summed E-state index contributed by atoms with van der Waals surface area (Å²) in [6.07, 6.45) is -0.143. The molecule has 156 valence electrons. The SMILES string of the molecule is COc1ccc(COC(=O)C(C(=O)ON2C(=O)CCC2=O)c2ccc(O)cc2)cc1. The summed E-state index contributed by atoms with van der Waals surface area (Å²) in [4.78, 5) is 53.7. The zero-order valence-electron chi connectivity index (χ0n) is 16.1. The van der Waals surface area contributed by atoms with Gasteiger partial charge < -0.3 is 19.4 Å². The second-order valence-electron chi connectivity index (χ2n) is 6.47. The molecule has 1 fully saturated rings. The quantitative estimate of drug-likeness (QED) is 0.415. The number of hydroxylamine groups is 2. The lowest BCUT2D eigenvalue weighted by Crippen LogP contribution is -2.36. The number of rotatable bonds is 7. The molecule has 2 aromatic rings. The largest absolute Gasteiger partial charge is 0.508 e. The average molecular weight is 413 g/mol. The molecule has 1 heterocycles. The fourth-order valence-corrected chi connectivity index (χ4v) is 2.80. The molecule has 30 heavy (non-hydrogen) atoms. The summed E-state index contributed by atoms with van der Waals surface area (Å²) < 4.78 is 10.3. The summed E-state index contributed by atoms with van der Waals surface area (Å²) in [5.74, 6) is -4.37. The topological polar surface area (TPSA) is 119 Å². The molecule has 1 saturated heterocycles. The van der Waals surface area contributed by atoms with Gasteiger partial charge in [0.25, 0.3) is 11.8 Å². The number of hydrogen-bond acceptors (Lipinski definition) is 8. The number of methoxy groups -OCH3 is 1. The molecule has 1 aliphatic heterocycles. The number of benzene rings is 2. The Balaban J connectivity index is 1.76. The number of hydrogen-bond donors (Lipinski definition) is 1. The van der Waals surface area contributed by atoms with E-state index in [1.807, 2.05) is 0 Å². The van der Waals surface area contributed by atoms with E-state index in [-0.39, 0.29) is 30.8 Å². The van der Waals surface area contributed by atoms with Crippen molar-refractivity contribution in [3.8, 4) is 11.5 Å². The lowest BCUT2D eigenvalue weighted by Gasteiger charge is -2.18. The predicted octanol–water partition coefficient (Wildman–Crippen LogP) is 1.83. The summed E-state index contributed by atoms with van der Waals surface area (Å²) in [6, 6.07) is 12.1. The van der Waals surface area contributed by atoms with E-state index in [2.05, 4.69) is 0 Å². The molecule has 2 aromatic carbocycles. The van der Waals surface area contributed by atoms with Crippen LogP contribution in [0.5, 0.6) is 11.5 Å². The van der Waals surface area contributed by atoms with E-state index in [4.69, 9.17) is 14.3 Å². The Bertz CT molecular complexity index is 936. The van der Waals surface area contributed by atoms with Crippen molar-refractivity contribution < 1.29 is 38.6 Å². The van der Waals surface area contributed by atoms with E-state index in [9.17, 15) is 24.3 Å². The lowest BCUT2D eigenvalue weighted by molar-refractivity contribution is -0.200. The van der Waals surface area contributed by atoms with Crippen LogP contribution < -0.4 is 4.74 Å². The van der Waals surface area contributed by atoms with Crippen molar-refractivity contribution >= 4 is 23.8 Å². The van der Waals surface area contributed by atoms with E-state index in [0.29, 0.717) is 16.4 Å². The summed E-state index contributed by atoms with van der Waals surface area (Å²) in [6.45, 7) is -0.119. The third kappa shape index (κ3) is 4.75. The number of esters is 1. The summed E-state index contributed by atoms with van der Waals surface area (Å²) in [7, 11) is 1.53. The van der Waals surface area contributed by atoms with Crippen molar-refractivity contribution in [2.24, 2.45) is 0 Å². The number of ether oxygens (including phenoxy) is 2. The number of amides is 2. The summed E-state index contributed by atoms with van der Waals surface area (Å²) in [5, 5.41) is 9.84. The maximum Gasteiger partial charge on any atom is 0.351 e. The van der Waals surface area contributed by atoms with Crippen LogP contribution >= 0.6 is 0 Å². The third-order valence-corrected chi connectivity index (χ3v) is 4.43. The first-order valence-electron chi connectivity index (χ1n) is 9.05. The number of carbonyl (C=O) groups is 4. The van der Waals surface area contributed by atoms with Crippen molar-refractivity contribution in [1.82, 2.24) is 5.06 Å². The van der Waals surface area contributed by atoms with Crippen molar-refractivity contribution in [3.05, 3.63) is 59.7 Å². The predicted molar refractivity (Wildman–Crippen MR) is 101 cm³/mol. The minimum absolute atomic E-state index is 0.0673. The molecular weight excluding hydrogens is 394 g/mol. The highest BCUT2D eigenvalue weighted by atomic mass is 16.7. The molecule has 0 saturated carbocycles. The molecule has 0 aliphatic carbocycles. The molecular formula is C21H19NO8. The Hall–Kier alpha value is -3.88. The summed E-state index contributed by atoms with van der Waals surface area (Å²) >= 11 is 0.